The first-order valence-electron chi connectivity index (χ1n) is 8.18. The van der Waals surface area contributed by atoms with Crippen molar-refractivity contribution in [2.45, 2.75) is 83.2 Å². The van der Waals surface area contributed by atoms with Gasteiger partial charge in [0.15, 0.2) is 0 Å². The van der Waals surface area contributed by atoms with Crippen molar-refractivity contribution in [1.82, 2.24) is 10.6 Å². The van der Waals surface area contributed by atoms with Gasteiger partial charge in [-0.15, -0.1) is 0 Å². The highest BCUT2D eigenvalue weighted by Crippen LogP contribution is 2.26. The van der Waals surface area contributed by atoms with Crippen LogP contribution in [0, 0.1) is 5.92 Å². The van der Waals surface area contributed by atoms with Crippen LogP contribution in [0.3, 0.4) is 0 Å². The zero-order valence-electron chi connectivity index (χ0n) is 12.6. The molecule has 0 aromatic rings. The average Bonchev–Trinajstić information content (AvgIpc) is 2.68. The maximum Gasteiger partial charge on any atom is 0.240 e. The predicted molar refractivity (Wildman–Crippen MR) is 79.1 cm³/mol. The minimum absolute atomic E-state index is 0.212. The summed E-state index contributed by atoms with van der Waals surface area (Å²) in [6.07, 6.45) is 11.3. The van der Waals surface area contributed by atoms with E-state index in [1.807, 2.05) is 0 Å². The monoisotopic (exact) mass is 266 g/mol. The molecular formula is C16H30N2O. The Balaban J connectivity index is 1.86. The molecule has 1 aliphatic heterocycles. The molecule has 1 amide bonds. The van der Waals surface area contributed by atoms with E-state index in [0.29, 0.717) is 12.0 Å². The summed E-state index contributed by atoms with van der Waals surface area (Å²) < 4.78 is 0. The van der Waals surface area contributed by atoms with Gasteiger partial charge in [-0.2, -0.15) is 0 Å². The van der Waals surface area contributed by atoms with Crippen LogP contribution in [0.5, 0.6) is 0 Å². The Bertz CT molecular complexity index is 289. The first-order chi connectivity index (χ1) is 9.12. The number of rotatable bonds is 3. The molecule has 1 saturated carbocycles. The lowest BCUT2D eigenvalue weighted by atomic mass is 9.88. The number of piperidine rings is 1. The second kappa shape index (κ2) is 6.74. The van der Waals surface area contributed by atoms with Gasteiger partial charge in [0.25, 0.3) is 0 Å². The highest BCUT2D eigenvalue weighted by molar-refractivity contribution is 5.86. The van der Waals surface area contributed by atoms with Gasteiger partial charge in [0, 0.05) is 6.04 Å². The van der Waals surface area contributed by atoms with E-state index in [9.17, 15) is 4.79 Å². The summed E-state index contributed by atoms with van der Waals surface area (Å²) >= 11 is 0. The van der Waals surface area contributed by atoms with Gasteiger partial charge in [0.2, 0.25) is 5.91 Å². The Hall–Kier alpha value is -0.570. The van der Waals surface area contributed by atoms with Crippen molar-refractivity contribution >= 4 is 5.91 Å². The summed E-state index contributed by atoms with van der Waals surface area (Å²) in [6, 6.07) is 0.325. The van der Waals surface area contributed by atoms with E-state index >= 15 is 0 Å². The van der Waals surface area contributed by atoms with Crippen LogP contribution in [0.15, 0.2) is 0 Å². The fourth-order valence-electron chi connectivity index (χ4n) is 3.54. The third-order valence-corrected chi connectivity index (χ3v) is 5.09. The molecule has 0 spiro atoms. The first kappa shape index (κ1) is 14.8. The van der Waals surface area contributed by atoms with Crippen molar-refractivity contribution < 1.29 is 4.79 Å². The van der Waals surface area contributed by atoms with Gasteiger partial charge in [-0.1, -0.05) is 25.7 Å². The van der Waals surface area contributed by atoms with Crippen LogP contribution in [-0.2, 0) is 4.79 Å². The summed E-state index contributed by atoms with van der Waals surface area (Å²) in [7, 11) is 0. The number of nitrogens with one attached hydrogen (secondary N) is 2. The van der Waals surface area contributed by atoms with Gasteiger partial charge in [-0.05, 0) is 58.4 Å². The maximum absolute atomic E-state index is 12.5. The summed E-state index contributed by atoms with van der Waals surface area (Å²) in [5.74, 6) is 0.891. The molecule has 0 radical (unpaired) electrons. The maximum atomic E-state index is 12.5. The Labute approximate surface area is 117 Å². The van der Waals surface area contributed by atoms with Gasteiger partial charge in [-0.25, -0.2) is 0 Å². The summed E-state index contributed by atoms with van der Waals surface area (Å²) in [4.78, 5) is 12.5. The Kier molecular flexibility index (Phi) is 5.26. The van der Waals surface area contributed by atoms with Gasteiger partial charge in [0.1, 0.15) is 0 Å². The molecule has 1 heterocycles. The van der Waals surface area contributed by atoms with Crippen molar-refractivity contribution in [1.29, 1.82) is 0 Å². The summed E-state index contributed by atoms with van der Waals surface area (Å²) in [5, 5.41) is 6.69. The minimum atomic E-state index is -0.336. The molecule has 110 valence electrons. The number of hydrogen-bond acceptors (Lipinski definition) is 2. The first-order valence-corrected chi connectivity index (χ1v) is 8.18. The number of carbonyl (C=O) groups is 1. The van der Waals surface area contributed by atoms with E-state index in [4.69, 9.17) is 0 Å². The van der Waals surface area contributed by atoms with Crippen LogP contribution in [-0.4, -0.2) is 24.0 Å². The fourth-order valence-corrected chi connectivity index (χ4v) is 3.54. The van der Waals surface area contributed by atoms with Crippen LogP contribution in [0.1, 0.15) is 71.6 Å². The highest BCUT2D eigenvalue weighted by atomic mass is 16.2. The van der Waals surface area contributed by atoms with Crippen molar-refractivity contribution in [2.24, 2.45) is 5.92 Å². The number of hydrogen-bond donors (Lipinski definition) is 2. The van der Waals surface area contributed by atoms with Gasteiger partial charge in [-0.3, -0.25) is 4.79 Å². The van der Waals surface area contributed by atoms with Crippen molar-refractivity contribution in [3.05, 3.63) is 0 Å². The Morgan fingerprint density at radius 2 is 1.84 bits per heavy atom. The largest absolute Gasteiger partial charge is 0.352 e. The normalized spacial score (nSPS) is 31.5. The Morgan fingerprint density at radius 3 is 2.42 bits per heavy atom. The van der Waals surface area contributed by atoms with Crippen LogP contribution in [0.2, 0.25) is 0 Å². The van der Waals surface area contributed by atoms with Crippen LogP contribution >= 0.6 is 0 Å². The lowest BCUT2D eigenvalue weighted by Gasteiger charge is -2.35. The molecule has 1 saturated heterocycles. The van der Waals surface area contributed by atoms with Gasteiger partial charge >= 0.3 is 0 Å². The topological polar surface area (TPSA) is 41.1 Å². The zero-order chi connectivity index (χ0) is 13.7. The summed E-state index contributed by atoms with van der Waals surface area (Å²) in [6.45, 7) is 5.23. The predicted octanol–water partition coefficient (Wildman–Crippen LogP) is 2.99. The van der Waals surface area contributed by atoms with Gasteiger partial charge < -0.3 is 10.6 Å². The molecule has 19 heavy (non-hydrogen) atoms. The number of carbonyl (C=O) groups excluding carboxylic acids is 1. The smallest absolute Gasteiger partial charge is 0.240 e. The van der Waals surface area contributed by atoms with Crippen LogP contribution < -0.4 is 10.6 Å². The Morgan fingerprint density at radius 1 is 1.16 bits per heavy atom. The van der Waals surface area contributed by atoms with Gasteiger partial charge in [0.05, 0.1) is 5.54 Å². The third-order valence-electron chi connectivity index (χ3n) is 5.09. The minimum Gasteiger partial charge on any atom is -0.352 e. The molecule has 3 heteroatoms. The zero-order valence-corrected chi connectivity index (χ0v) is 12.6. The van der Waals surface area contributed by atoms with Crippen LogP contribution in [0.4, 0.5) is 0 Å². The van der Waals surface area contributed by atoms with E-state index in [1.165, 1.54) is 44.9 Å². The lowest BCUT2D eigenvalue weighted by molar-refractivity contribution is -0.129. The molecular weight excluding hydrogens is 236 g/mol. The average molecular weight is 266 g/mol. The second-order valence-corrected chi connectivity index (χ2v) is 6.73. The van der Waals surface area contributed by atoms with Crippen LogP contribution in [0.25, 0.3) is 0 Å². The van der Waals surface area contributed by atoms with Crippen molar-refractivity contribution in [3.8, 4) is 0 Å². The quantitative estimate of drug-likeness (QED) is 0.771. The molecule has 2 fully saturated rings. The standard InChI is InChI=1S/C16H30N2O/c1-13(14-9-5-3-4-6-10-14)18-15(19)16(2)11-7-8-12-17-16/h13-14,17H,3-12H2,1-2H3,(H,18,19)/t13-,16?/m1/s1. The SMILES string of the molecule is C[C@@H](NC(=O)C1(C)CCCCN1)C1CCCCCC1. The molecule has 0 aromatic carbocycles. The molecule has 2 aliphatic rings. The summed E-state index contributed by atoms with van der Waals surface area (Å²) in [5.41, 5.74) is -0.336. The van der Waals surface area contributed by atoms with E-state index in [-0.39, 0.29) is 11.4 Å². The molecule has 1 aliphatic carbocycles. The van der Waals surface area contributed by atoms with E-state index in [1.54, 1.807) is 0 Å². The van der Waals surface area contributed by atoms with Crippen molar-refractivity contribution in [2.75, 3.05) is 6.54 Å². The molecule has 3 nitrogen and oxygen atoms in total. The third kappa shape index (κ3) is 3.95. The molecule has 0 bridgehead atoms. The molecule has 2 rings (SSSR count). The lowest BCUT2D eigenvalue weighted by Crippen LogP contribution is -2.59. The van der Waals surface area contributed by atoms with E-state index in [0.717, 1.165) is 19.4 Å². The van der Waals surface area contributed by atoms with Crippen molar-refractivity contribution in [3.63, 3.8) is 0 Å². The van der Waals surface area contributed by atoms with E-state index < -0.39 is 0 Å². The fraction of sp³-hybridized carbons (Fsp3) is 0.938. The molecule has 1 unspecified atom stereocenters. The second-order valence-electron chi connectivity index (χ2n) is 6.73. The molecule has 2 atom stereocenters. The highest BCUT2D eigenvalue weighted by Gasteiger charge is 2.35. The van der Waals surface area contributed by atoms with E-state index in [2.05, 4.69) is 24.5 Å². The molecule has 0 aromatic heterocycles. The number of amides is 1. The molecule has 2 N–H and O–H groups in total.